The van der Waals surface area contributed by atoms with E-state index in [9.17, 15) is 39.6 Å². The molecule has 4 aromatic rings. The second-order valence-electron chi connectivity index (χ2n) is 26.8. The van der Waals surface area contributed by atoms with E-state index in [1.807, 2.05) is 12.2 Å². The van der Waals surface area contributed by atoms with Crippen LogP contribution < -0.4 is 18.9 Å². The summed E-state index contributed by atoms with van der Waals surface area (Å²) in [7, 11) is 0. The van der Waals surface area contributed by atoms with Gasteiger partial charge in [0.25, 0.3) is 0 Å². The zero-order valence-corrected chi connectivity index (χ0v) is 72.6. The maximum atomic E-state index is 12.7. The van der Waals surface area contributed by atoms with Gasteiger partial charge in [-0.1, -0.05) is 71.7 Å². The van der Waals surface area contributed by atoms with Crippen LogP contribution in [-0.4, -0.2) is 215 Å². The zero-order valence-electron chi connectivity index (χ0n) is 62.8. The highest BCUT2D eigenvalue weighted by molar-refractivity contribution is 8.02. The Balaban J connectivity index is 1.39. The van der Waals surface area contributed by atoms with Crippen LogP contribution in [-0.2, 0) is 0 Å². The molecule has 4 N–H and O–H groups in total. The summed E-state index contributed by atoms with van der Waals surface area (Å²) in [5.41, 5.74) is 7.49. The molecule has 2 atom stereocenters. The van der Waals surface area contributed by atoms with Crippen molar-refractivity contribution in [1.29, 1.82) is 0 Å². The molecule has 4 aliphatic carbocycles. The van der Waals surface area contributed by atoms with Crippen molar-refractivity contribution in [2.24, 2.45) is 33.5 Å². The van der Waals surface area contributed by atoms with Crippen molar-refractivity contribution < 1.29 is 58.6 Å². The molecular weight excluding hydrogens is 1590 g/mol. The van der Waals surface area contributed by atoms with Gasteiger partial charge in [0, 0.05) is 113 Å². The molecule has 0 fully saturated rings. The van der Waals surface area contributed by atoms with Crippen molar-refractivity contribution in [3.05, 3.63) is 198 Å². The minimum Gasteiger partial charge on any atom is -0.492 e. The predicted molar refractivity (Wildman–Crippen MR) is 476 cm³/mol. The Morgan fingerprint density at radius 1 is 0.370 bits per heavy atom. The maximum Gasteiger partial charge on any atom is 0.335 e. The maximum absolute atomic E-state index is 12.7. The molecular formula is C84H92O12S12. The van der Waals surface area contributed by atoms with E-state index in [4.69, 9.17) is 18.9 Å². The molecule has 4 aromatic carbocycles. The lowest BCUT2D eigenvalue weighted by Crippen LogP contribution is -2.36. The standard InChI is InChI=1S/C84H92O12S12/c1-97-43-81(44-98-2,45-99-3)39-93-71-35-63(77(85)86)25-17-55(71)13-21-59-33-60(22-14-56-18-26-64(78(87)88)36-72(56)94-40-82(46-100-4,47-101-5)48-102-6)68-31-32-70-62(24-16-58-20-28-66(80(91)92)38-74(58)96-42-84(52-106-10,53-107-11)54-108-12)34-61(69-30-29-67(59)75(68)76(69)70)23-15-57-19-27-65(79(89)90)37-73(57)95-41-83(49-103-7,50-104-8)51-105-9/h17-20,25-38,59,76H,39-54H2,1-12H3,(H,85,86)(H,87,88)(H,89,90)(H,91,92). The van der Waals surface area contributed by atoms with Crippen LogP contribution in [0.15, 0.2) is 154 Å². The van der Waals surface area contributed by atoms with Crippen LogP contribution in [0, 0.1) is 80.9 Å². The SMILES string of the molecule is CSCC(COc1cc(C(=O)O)ccc1C#CC1=CC(C#Cc2ccc(C(=O)O)cc2OCC(CSC)(CSC)CSC)C2=C3C1=CC=C1C(C#Cc4ccc(C(=O)O)cc4OCC(CSC)(CSC)CSC)=CC(C#Cc4ccc(C(=O)O)cc4OCC(CSC)(CSC)CSC)=C(C=C2)C13)(CSC)CSC. The monoisotopic (exact) mass is 1680 g/mol. The summed E-state index contributed by atoms with van der Waals surface area (Å²) < 4.78 is 27.1. The van der Waals surface area contributed by atoms with Crippen LogP contribution in [0.1, 0.15) is 63.7 Å². The topological polar surface area (TPSA) is 186 Å². The Kier molecular flexibility index (Phi) is 35.1. The first-order chi connectivity index (χ1) is 52.1. The van der Waals surface area contributed by atoms with E-state index in [2.05, 4.69) is 147 Å². The third-order valence-electron chi connectivity index (χ3n) is 18.1. The number of carboxylic acid groups (broad SMARTS) is 4. The normalized spacial score (nSPS) is 15.1. The fourth-order valence-corrected chi connectivity index (χ4v) is 25.8. The fraction of sp³-hybridized carbons (Fsp3) is 0.405. The van der Waals surface area contributed by atoms with E-state index in [-0.39, 0.29) is 43.9 Å². The van der Waals surface area contributed by atoms with Gasteiger partial charge in [0.2, 0.25) is 0 Å². The van der Waals surface area contributed by atoms with E-state index in [1.54, 1.807) is 202 Å². The largest absolute Gasteiger partial charge is 0.492 e. The van der Waals surface area contributed by atoms with Crippen LogP contribution in [0.5, 0.6) is 23.0 Å². The Morgan fingerprint density at radius 2 is 0.667 bits per heavy atom. The predicted octanol–water partition coefficient (Wildman–Crippen LogP) is 17.9. The quantitative estimate of drug-likeness (QED) is 0.0308. The third-order valence-corrected chi connectivity index (χ3v) is 28.9. The Bertz CT molecular complexity index is 4390. The summed E-state index contributed by atoms with van der Waals surface area (Å²) in [6.07, 6.45) is 37.3. The number of ether oxygens (including phenoxy) is 4. The minimum absolute atomic E-state index is 0.0621. The second kappa shape index (κ2) is 43.0. The van der Waals surface area contributed by atoms with Crippen molar-refractivity contribution >= 4 is 165 Å². The van der Waals surface area contributed by atoms with Gasteiger partial charge in [-0.05, 0) is 188 Å². The van der Waals surface area contributed by atoms with Gasteiger partial charge in [-0.15, -0.1) is 0 Å². The number of aromatic carboxylic acids is 4. The highest BCUT2D eigenvalue weighted by Crippen LogP contribution is 2.53. The lowest BCUT2D eigenvalue weighted by atomic mass is 9.63. The van der Waals surface area contributed by atoms with Gasteiger partial charge in [-0.3, -0.25) is 0 Å². The number of carbonyl (C=O) groups is 4. The fourth-order valence-electron chi connectivity index (χ4n) is 13.4. The van der Waals surface area contributed by atoms with Gasteiger partial charge in [0.15, 0.2) is 0 Å². The summed E-state index contributed by atoms with van der Waals surface area (Å²) in [5, 5.41) is 41.5. The molecule has 0 aromatic heterocycles. The molecule has 2 unspecified atom stereocenters. The number of benzene rings is 4. The Hall–Kier alpha value is -5.42. The van der Waals surface area contributed by atoms with Gasteiger partial charge < -0.3 is 39.4 Å². The number of carboxylic acids is 4. The van der Waals surface area contributed by atoms with Crippen molar-refractivity contribution in [1.82, 2.24) is 0 Å². The van der Waals surface area contributed by atoms with Crippen LogP contribution in [0.3, 0.4) is 0 Å². The average Bonchev–Trinajstić information content (AvgIpc) is 0.718. The zero-order chi connectivity index (χ0) is 78.0. The lowest BCUT2D eigenvalue weighted by Gasteiger charge is -2.39. The van der Waals surface area contributed by atoms with E-state index in [1.165, 1.54) is 12.1 Å². The van der Waals surface area contributed by atoms with E-state index in [0.29, 0.717) is 88.4 Å². The van der Waals surface area contributed by atoms with E-state index >= 15 is 0 Å². The summed E-state index contributed by atoms with van der Waals surface area (Å²) in [6, 6.07) is 19.2. The molecule has 0 aliphatic heterocycles. The summed E-state index contributed by atoms with van der Waals surface area (Å²) >= 11 is 21.0. The Morgan fingerprint density at radius 3 is 0.981 bits per heavy atom. The second-order valence-corrected chi connectivity index (χ2v) is 37.1. The molecule has 0 radical (unpaired) electrons. The summed E-state index contributed by atoms with van der Waals surface area (Å²) in [6.45, 7) is 1.32. The first kappa shape index (κ1) is 88.1. The number of allylic oxidation sites excluding steroid dienone is 14. The minimum atomic E-state index is -1.10. The van der Waals surface area contributed by atoms with Gasteiger partial charge in [-0.25, -0.2) is 19.2 Å². The summed E-state index contributed by atoms with van der Waals surface area (Å²) in [5.74, 6) is 34.0. The number of hydrogen-bond donors (Lipinski definition) is 4. The van der Waals surface area contributed by atoms with Crippen molar-refractivity contribution in [3.63, 3.8) is 0 Å². The van der Waals surface area contributed by atoms with Crippen LogP contribution in [0.2, 0.25) is 0 Å². The number of thioether (sulfide) groups is 12. The molecule has 8 rings (SSSR count). The lowest BCUT2D eigenvalue weighted by molar-refractivity contribution is 0.0685. The molecule has 24 heteroatoms. The van der Waals surface area contributed by atoms with Crippen LogP contribution in [0.4, 0.5) is 0 Å². The molecule has 572 valence electrons. The van der Waals surface area contributed by atoms with E-state index < -0.39 is 35.7 Å². The highest BCUT2D eigenvalue weighted by Gasteiger charge is 2.41. The molecule has 12 nitrogen and oxygen atoms in total. The molecule has 4 aliphatic rings. The first-order valence-corrected chi connectivity index (χ1v) is 50.8. The van der Waals surface area contributed by atoms with Gasteiger partial charge >= 0.3 is 23.9 Å². The average molecular weight is 1680 g/mol. The summed E-state index contributed by atoms with van der Waals surface area (Å²) in [4.78, 5) is 50.8. The van der Waals surface area contributed by atoms with Crippen LogP contribution in [0.25, 0.3) is 0 Å². The third kappa shape index (κ3) is 22.9. The smallest absolute Gasteiger partial charge is 0.335 e. The Labute approximate surface area is 689 Å². The molecule has 0 bridgehead atoms. The van der Waals surface area contributed by atoms with Crippen molar-refractivity contribution in [2.45, 2.75) is 0 Å². The highest BCUT2D eigenvalue weighted by atomic mass is 32.2. The number of hydrogen-bond acceptors (Lipinski definition) is 20. The molecule has 0 amide bonds. The van der Waals surface area contributed by atoms with Gasteiger partial charge in [0.1, 0.15) is 23.0 Å². The molecule has 0 heterocycles. The molecule has 0 spiro atoms. The first-order valence-electron chi connectivity index (χ1n) is 34.1. The molecule has 0 saturated heterocycles. The molecule has 108 heavy (non-hydrogen) atoms. The number of rotatable bonds is 40. The van der Waals surface area contributed by atoms with Gasteiger partial charge in [-0.2, -0.15) is 141 Å². The van der Waals surface area contributed by atoms with Crippen LogP contribution >= 0.6 is 141 Å². The van der Waals surface area contributed by atoms with E-state index in [0.717, 1.165) is 96.9 Å². The molecule has 0 saturated carbocycles. The van der Waals surface area contributed by atoms with Gasteiger partial charge in [0.05, 0.1) is 76.9 Å². The van der Waals surface area contributed by atoms with Crippen molar-refractivity contribution in [2.75, 3.05) is 171 Å². The van der Waals surface area contributed by atoms with Crippen molar-refractivity contribution in [3.8, 4) is 70.4 Å².